The van der Waals surface area contributed by atoms with Crippen LogP contribution in [-0.4, -0.2) is 42.4 Å². The van der Waals surface area contributed by atoms with E-state index in [0.717, 1.165) is 13.1 Å². The van der Waals surface area contributed by atoms with E-state index in [1.807, 2.05) is 11.8 Å². The Balaban J connectivity index is 2.15. The Morgan fingerprint density at radius 2 is 2.35 bits per heavy atom. The lowest BCUT2D eigenvalue weighted by atomic mass is 10.2. The molecule has 1 aromatic rings. The van der Waals surface area contributed by atoms with Crippen LogP contribution in [0.4, 0.5) is 0 Å². The van der Waals surface area contributed by atoms with Crippen LogP contribution in [0.15, 0.2) is 11.4 Å². The van der Waals surface area contributed by atoms with Gasteiger partial charge in [0.15, 0.2) is 0 Å². The molecular formula is C11H15N3O2S. The lowest BCUT2D eigenvalue weighted by Gasteiger charge is -2.33. The van der Waals surface area contributed by atoms with Crippen molar-refractivity contribution in [2.75, 3.05) is 19.6 Å². The van der Waals surface area contributed by atoms with Crippen molar-refractivity contribution in [3.63, 3.8) is 0 Å². The first-order valence-corrected chi connectivity index (χ1v) is 6.37. The van der Waals surface area contributed by atoms with Crippen molar-refractivity contribution in [3.8, 4) is 0 Å². The van der Waals surface area contributed by atoms with Gasteiger partial charge in [-0.2, -0.15) is 0 Å². The third kappa shape index (κ3) is 2.48. The Kier molecular flexibility index (Phi) is 3.44. The molecule has 2 amide bonds. The van der Waals surface area contributed by atoms with Gasteiger partial charge in [-0.3, -0.25) is 9.59 Å². The molecule has 2 heterocycles. The lowest BCUT2D eigenvalue weighted by Crippen LogP contribution is -2.52. The zero-order valence-electron chi connectivity index (χ0n) is 9.60. The molecule has 1 aliphatic rings. The molecule has 1 atom stereocenters. The average molecular weight is 253 g/mol. The maximum atomic E-state index is 12.2. The van der Waals surface area contributed by atoms with Crippen LogP contribution < -0.4 is 11.1 Å². The summed E-state index contributed by atoms with van der Waals surface area (Å²) in [5.74, 6) is -0.509. The quantitative estimate of drug-likeness (QED) is 0.795. The molecule has 0 saturated carbocycles. The third-order valence-electron chi connectivity index (χ3n) is 2.86. The molecule has 1 fully saturated rings. The van der Waals surface area contributed by atoms with E-state index >= 15 is 0 Å². The Bertz CT molecular complexity index is 444. The van der Waals surface area contributed by atoms with Crippen molar-refractivity contribution in [2.24, 2.45) is 5.73 Å². The summed E-state index contributed by atoms with van der Waals surface area (Å²) in [5.41, 5.74) is 5.57. The molecule has 0 bridgehead atoms. The largest absolute Gasteiger partial charge is 0.366 e. The van der Waals surface area contributed by atoms with Crippen LogP contribution in [0.25, 0.3) is 0 Å². The molecule has 5 nitrogen and oxygen atoms in total. The number of rotatable bonds is 2. The topological polar surface area (TPSA) is 75.4 Å². The Hall–Kier alpha value is -1.40. The number of amides is 2. The second-order valence-corrected chi connectivity index (χ2v) is 5.03. The van der Waals surface area contributed by atoms with Gasteiger partial charge in [0.1, 0.15) is 0 Å². The van der Waals surface area contributed by atoms with Gasteiger partial charge < -0.3 is 16.0 Å². The predicted molar refractivity (Wildman–Crippen MR) is 66.2 cm³/mol. The number of primary amides is 1. The minimum absolute atomic E-state index is 0.0171. The highest BCUT2D eigenvalue weighted by molar-refractivity contribution is 7.12. The number of piperazine rings is 1. The molecule has 1 unspecified atom stereocenters. The molecule has 0 spiro atoms. The first-order chi connectivity index (χ1) is 8.09. The Morgan fingerprint density at radius 3 is 2.94 bits per heavy atom. The van der Waals surface area contributed by atoms with Crippen LogP contribution in [0.5, 0.6) is 0 Å². The fraction of sp³-hybridized carbons (Fsp3) is 0.455. The monoisotopic (exact) mass is 253 g/mol. The van der Waals surface area contributed by atoms with Gasteiger partial charge in [-0.15, -0.1) is 11.3 Å². The maximum absolute atomic E-state index is 12.2. The number of carbonyl (C=O) groups is 2. The molecule has 0 aliphatic carbocycles. The highest BCUT2D eigenvalue weighted by Crippen LogP contribution is 2.18. The van der Waals surface area contributed by atoms with Gasteiger partial charge in [-0.05, 0) is 13.0 Å². The van der Waals surface area contributed by atoms with Crippen LogP contribution >= 0.6 is 11.3 Å². The van der Waals surface area contributed by atoms with Crippen molar-refractivity contribution < 1.29 is 9.59 Å². The zero-order valence-corrected chi connectivity index (χ0v) is 10.4. The fourth-order valence-corrected chi connectivity index (χ4v) is 2.71. The molecule has 1 saturated heterocycles. The Morgan fingerprint density at radius 1 is 1.59 bits per heavy atom. The van der Waals surface area contributed by atoms with Gasteiger partial charge in [0, 0.05) is 31.1 Å². The van der Waals surface area contributed by atoms with Crippen LogP contribution in [0.2, 0.25) is 0 Å². The molecule has 0 aromatic carbocycles. The van der Waals surface area contributed by atoms with Gasteiger partial charge >= 0.3 is 0 Å². The molecule has 3 N–H and O–H groups in total. The summed E-state index contributed by atoms with van der Waals surface area (Å²) in [5, 5.41) is 4.86. The van der Waals surface area contributed by atoms with E-state index < -0.39 is 5.91 Å². The number of carbonyl (C=O) groups excluding carboxylic acids is 2. The van der Waals surface area contributed by atoms with E-state index in [1.165, 1.54) is 11.3 Å². The second-order valence-electron chi connectivity index (χ2n) is 4.12. The Labute approximate surface area is 104 Å². The number of nitrogens with zero attached hydrogens (tertiary/aromatic N) is 1. The SMILES string of the molecule is CC1CNCCN1C(=O)c1cc(C(N)=O)cs1. The summed E-state index contributed by atoms with van der Waals surface area (Å²) in [4.78, 5) is 25.6. The van der Waals surface area contributed by atoms with Gasteiger partial charge in [0.05, 0.1) is 10.4 Å². The highest BCUT2D eigenvalue weighted by Gasteiger charge is 2.25. The molecule has 17 heavy (non-hydrogen) atoms. The zero-order chi connectivity index (χ0) is 12.4. The van der Waals surface area contributed by atoms with E-state index in [1.54, 1.807) is 11.4 Å². The molecule has 6 heteroatoms. The molecule has 92 valence electrons. The summed E-state index contributed by atoms with van der Waals surface area (Å²) in [6.07, 6.45) is 0. The molecule has 0 radical (unpaired) electrons. The predicted octanol–water partition coefficient (Wildman–Crippen LogP) is 0.281. The van der Waals surface area contributed by atoms with Gasteiger partial charge in [0.25, 0.3) is 5.91 Å². The minimum Gasteiger partial charge on any atom is -0.366 e. The van der Waals surface area contributed by atoms with Gasteiger partial charge in [-0.25, -0.2) is 0 Å². The number of hydrogen-bond donors (Lipinski definition) is 2. The van der Waals surface area contributed by atoms with E-state index in [0.29, 0.717) is 17.0 Å². The summed E-state index contributed by atoms with van der Waals surface area (Å²) in [6, 6.07) is 1.75. The van der Waals surface area contributed by atoms with E-state index in [9.17, 15) is 9.59 Å². The van der Waals surface area contributed by atoms with Crippen molar-refractivity contribution in [1.82, 2.24) is 10.2 Å². The third-order valence-corrected chi connectivity index (χ3v) is 3.78. The highest BCUT2D eigenvalue weighted by atomic mass is 32.1. The second kappa shape index (κ2) is 4.85. The first kappa shape index (κ1) is 12.1. The standard InChI is InChI=1S/C11H15N3O2S/c1-7-5-13-2-3-14(7)11(16)9-4-8(6-17-9)10(12)15/h4,6-7,13H,2-3,5H2,1H3,(H2,12,15). The maximum Gasteiger partial charge on any atom is 0.264 e. The van der Waals surface area contributed by atoms with E-state index in [2.05, 4.69) is 5.32 Å². The summed E-state index contributed by atoms with van der Waals surface area (Å²) < 4.78 is 0. The normalized spacial score (nSPS) is 20.3. The summed E-state index contributed by atoms with van der Waals surface area (Å²) in [7, 11) is 0. The fourth-order valence-electron chi connectivity index (χ4n) is 1.86. The van der Waals surface area contributed by atoms with Crippen LogP contribution in [0, 0.1) is 0 Å². The average Bonchev–Trinajstić information content (AvgIpc) is 2.78. The summed E-state index contributed by atoms with van der Waals surface area (Å²) in [6.45, 7) is 4.32. The van der Waals surface area contributed by atoms with Crippen molar-refractivity contribution in [3.05, 3.63) is 21.9 Å². The van der Waals surface area contributed by atoms with Gasteiger partial charge in [-0.1, -0.05) is 0 Å². The number of thiophene rings is 1. The number of nitrogens with one attached hydrogen (secondary N) is 1. The van der Waals surface area contributed by atoms with Crippen LogP contribution in [0.1, 0.15) is 27.0 Å². The first-order valence-electron chi connectivity index (χ1n) is 5.49. The summed E-state index contributed by atoms with van der Waals surface area (Å²) >= 11 is 1.27. The minimum atomic E-state index is -0.492. The van der Waals surface area contributed by atoms with Crippen LogP contribution in [-0.2, 0) is 0 Å². The van der Waals surface area contributed by atoms with Crippen molar-refractivity contribution in [2.45, 2.75) is 13.0 Å². The van der Waals surface area contributed by atoms with Gasteiger partial charge in [0.2, 0.25) is 5.91 Å². The molecule has 2 rings (SSSR count). The smallest absolute Gasteiger partial charge is 0.264 e. The van der Waals surface area contributed by atoms with Crippen LogP contribution in [0.3, 0.4) is 0 Å². The van der Waals surface area contributed by atoms with Crippen molar-refractivity contribution in [1.29, 1.82) is 0 Å². The van der Waals surface area contributed by atoms with E-state index in [4.69, 9.17) is 5.73 Å². The van der Waals surface area contributed by atoms with Crippen molar-refractivity contribution >= 4 is 23.2 Å². The number of hydrogen-bond acceptors (Lipinski definition) is 4. The molecule has 1 aliphatic heterocycles. The molecular weight excluding hydrogens is 238 g/mol. The van der Waals surface area contributed by atoms with E-state index in [-0.39, 0.29) is 11.9 Å². The molecule has 1 aromatic heterocycles. The number of nitrogens with two attached hydrogens (primary N) is 1. The lowest BCUT2D eigenvalue weighted by molar-refractivity contribution is 0.0661.